The van der Waals surface area contributed by atoms with Gasteiger partial charge in [-0.15, -0.1) is 0 Å². The Hall–Kier alpha value is -2.01. The zero-order chi connectivity index (χ0) is 14.7. The molecule has 0 bridgehead atoms. The maximum absolute atomic E-state index is 12.7. The molecule has 0 saturated carbocycles. The van der Waals surface area contributed by atoms with Crippen molar-refractivity contribution in [2.24, 2.45) is 5.41 Å². The van der Waals surface area contributed by atoms with Crippen LogP contribution in [0.5, 0.6) is 0 Å². The molecule has 1 aliphatic heterocycles. The highest BCUT2D eigenvalue weighted by atomic mass is 16.2. The Bertz CT molecular complexity index is 650. The topological polar surface area (TPSA) is 66.9 Å². The summed E-state index contributed by atoms with van der Waals surface area (Å²) in [5.74, 6) is 0.120. The molecule has 0 radical (unpaired) electrons. The Labute approximate surface area is 124 Å². The normalized spacial score (nSPS) is 17.6. The smallest absolute Gasteiger partial charge is 0.230 e. The molecule has 2 N–H and O–H groups in total. The first kappa shape index (κ1) is 13.9. The molecule has 0 spiro atoms. The second-order valence-electron chi connectivity index (χ2n) is 5.60. The molecule has 0 unspecified atom stereocenters. The number of anilines is 1. The Morgan fingerprint density at radius 2 is 1.95 bits per heavy atom. The number of nitrogens with one attached hydrogen (secondary N) is 2. The number of hydrogen-bond donors (Lipinski definition) is 2. The SMILES string of the molecule is CCC1(C(=O)Nc2ccc3nccnc3c2)CCNCC1. The van der Waals surface area contributed by atoms with E-state index in [2.05, 4.69) is 27.5 Å². The van der Waals surface area contributed by atoms with Crippen LogP contribution < -0.4 is 10.6 Å². The van der Waals surface area contributed by atoms with E-state index in [0.717, 1.165) is 49.1 Å². The molecule has 21 heavy (non-hydrogen) atoms. The first-order valence-electron chi connectivity index (χ1n) is 7.46. The van der Waals surface area contributed by atoms with E-state index < -0.39 is 0 Å². The van der Waals surface area contributed by atoms with Crippen molar-refractivity contribution in [2.75, 3.05) is 18.4 Å². The lowest BCUT2D eigenvalue weighted by atomic mass is 9.76. The number of carbonyl (C=O) groups is 1. The fraction of sp³-hybridized carbons (Fsp3) is 0.438. The van der Waals surface area contributed by atoms with Gasteiger partial charge in [0.25, 0.3) is 0 Å². The molecular formula is C16H20N4O. The summed E-state index contributed by atoms with van der Waals surface area (Å²) in [5.41, 5.74) is 2.18. The third-order valence-corrected chi connectivity index (χ3v) is 4.45. The number of amides is 1. The first-order valence-corrected chi connectivity index (χ1v) is 7.46. The molecule has 1 aliphatic rings. The van der Waals surface area contributed by atoms with Gasteiger partial charge in [-0.25, -0.2) is 0 Å². The summed E-state index contributed by atoms with van der Waals surface area (Å²) in [5, 5.41) is 6.38. The molecular weight excluding hydrogens is 264 g/mol. The van der Waals surface area contributed by atoms with Crippen LogP contribution in [0.4, 0.5) is 5.69 Å². The minimum Gasteiger partial charge on any atom is -0.326 e. The summed E-state index contributed by atoms with van der Waals surface area (Å²) >= 11 is 0. The summed E-state index contributed by atoms with van der Waals surface area (Å²) in [7, 11) is 0. The van der Waals surface area contributed by atoms with Crippen LogP contribution in [0.25, 0.3) is 11.0 Å². The largest absolute Gasteiger partial charge is 0.326 e. The lowest BCUT2D eigenvalue weighted by Crippen LogP contribution is -2.44. The predicted octanol–water partition coefficient (Wildman–Crippen LogP) is 2.35. The van der Waals surface area contributed by atoms with E-state index in [1.165, 1.54) is 0 Å². The third-order valence-electron chi connectivity index (χ3n) is 4.45. The molecule has 0 atom stereocenters. The molecule has 110 valence electrons. The maximum Gasteiger partial charge on any atom is 0.230 e. The van der Waals surface area contributed by atoms with Gasteiger partial charge in [-0.05, 0) is 50.6 Å². The summed E-state index contributed by atoms with van der Waals surface area (Å²) in [4.78, 5) is 21.2. The fourth-order valence-corrected chi connectivity index (χ4v) is 2.95. The second kappa shape index (κ2) is 5.77. The van der Waals surface area contributed by atoms with Crippen LogP contribution in [-0.4, -0.2) is 29.0 Å². The van der Waals surface area contributed by atoms with Crippen molar-refractivity contribution < 1.29 is 4.79 Å². The van der Waals surface area contributed by atoms with Gasteiger partial charge >= 0.3 is 0 Å². The molecule has 0 aliphatic carbocycles. The highest BCUT2D eigenvalue weighted by Gasteiger charge is 2.37. The summed E-state index contributed by atoms with van der Waals surface area (Å²) in [6.07, 6.45) is 5.98. The van der Waals surface area contributed by atoms with Gasteiger partial charge in [0.2, 0.25) is 5.91 Å². The molecule has 5 nitrogen and oxygen atoms in total. The number of nitrogens with zero attached hydrogens (tertiary/aromatic N) is 2. The van der Waals surface area contributed by atoms with Gasteiger partial charge in [0.15, 0.2) is 0 Å². The van der Waals surface area contributed by atoms with Gasteiger partial charge in [-0.2, -0.15) is 0 Å². The molecule has 1 aromatic carbocycles. The number of aromatic nitrogens is 2. The molecule has 2 aromatic rings. The van der Waals surface area contributed by atoms with Crippen molar-refractivity contribution in [2.45, 2.75) is 26.2 Å². The average Bonchev–Trinajstić information content (AvgIpc) is 2.55. The van der Waals surface area contributed by atoms with Crippen molar-refractivity contribution in [1.29, 1.82) is 0 Å². The lowest BCUT2D eigenvalue weighted by Gasteiger charge is -2.35. The van der Waals surface area contributed by atoms with Crippen molar-refractivity contribution >= 4 is 22.6 Å². The van der Waals surface area contributed by atoms with E-state index in [9.17, 15) is 4.79 Å². The van der Waals surface area contributed by atoms with Crippen LogP contribution >= 0.6 is 0 Å². The van der Waals surface area contributed by atoms with Gasteiger partial charge in [0.05, 0.1) is 16.4 Å². The van der Waals surface area contributed by atoms with Crippen molar-refractivity contribution in [3.8, 4) is 0 Å². The summed E-state index contributed by atoms with van der Waals surface area (Å²) in [6.45, 7) is 3.91. The van der Waals surface area contributed by atoms with Crippen molar-refractivity contribution in [3.05, 3.63) is 30.6 Å². The van der Waals surface area contributed by atoms with E-state index in [0.29, 0.717) is 0 Å². The van der Waals surface area contributed by atoms with Gasteiger partial charge in [-0.3, -0.25) is 14.8 Å². The van der Waals surface area contributed by atoms with Gasteiger partial charge < -0.3 is 10.6 Å². The van der Waals surface area contributed by atoms with Crippen LogP contribution in [0.2, 0.25) is 0 Å². The average molecular weight is 284 g/mol. The summed E-state index contributed by atoms with van der Waals surface area (Å²) in [6, 6.07) is 5.66. The molecule has 1 saturated heterocycles. The number of rotatable bonds is 3. The lowest BCUT2D eigenvalue weighted by molar-refractivity contribution is -0.127. The molecule has 5 heteroatoms. The van der Waals surface area contributed by atoms with E-state index >= 15 is 0 Å². The highest BCUT2D eigenvalue weighted by Crippen LogP contribution is 2.34. The maximum atomic E-state index is 12.7. The van der Waals surface area contributed by atoms with Crippen molar-refractivity contribution in [3.63, 3.8) is 0 Å². The number of carbonyl (C=O) groups excluding carboxylic acids is 1. The number of benzene rings is 1. The Morgan fingerprint density at radius 1 is 1.24 bits per heavy atom. The van der Waals surface area contributed by atoms with Crippen molar-refractivity contribution in [1.82, 2.24) is 15.3 Å². The first-order chi connectivity index (χ1) is 10.2. The van der Waals surface area contributed by atoms with E-state index in [1.807, 2.05) is 18.2 Å². The minimum atomic E-state index is -0.247. The standard InChI is InChI=1S/C16H20N4O/c1-2-16(5-7-17-8-6-16)15(21)20-12-3-4-13-14(11-12)19-10-9-18-13/h3-4,9-11,17H,2,5-8H2,1H3,(H,20,21). The van der Waals surface area contributed by atoms with E-state index in [1.54, 1.807) is 12.4 Å². The van der Waals surface area contributed by atoms with Gasteiger partial charge in [0, 0.05) is 18.1 Å². The quantitative estimate of drug-likeness (QED) is 0.908. The fourth-order valence-electron chi connectivity index (χ4n) is 2.95. The van der Waals surface area contributed by atoms with Crippen LogP contribution in [0, 0.1) is 5.41 Å². The summed E-state index contributed by atoms with van der Waals surface area (Å²) < 4.78 is 0. The number of piperidine rings is 1. The van der Waals surface area contributed by atoms with E-state index in [-0.39, 0.29) is 11.3 Å². The van der Waals surface area contributed by atoms with Crippen LogP contribution in [0.3, 0.4) is 0 Å². The molecule has 1 aromatic heterocycles. The molecule has 2 heterocycles. The van der Waals surface area contributed by atoms with Crippen LogP contribution in [-0.2, 0) is 4.79 Å². The third kappa shape index (κ3) is 2.74. The highest BCUT2D eigenvalue weighted by molar-refractivity contribution is 5.96. The van der Waals surface area contributed by atoms with Crippen LogP contribution in [0.1, 0.15) is 26.2 Å². The predicted molar refractivity (Wildman–Crippen MR) is 83.0 cm³/mol. The molecule has 1 amide bonds. The van der Waals surface area contributed by atoms with Crippen LogP contribution in [0.15, 0.2) is 30.6 Å². The Balaban J connectivity index is 1.81. The Kier molecular flexibility index (Phi) is 3.84. The van der Waals surface area contributed by atoms with Gasteiger partial charge in [0.1, 0.15) is 0 Å². The number of hydrogen-bond acceptors (Lipinski definition) is 4. The van der Waals surface area contributed by atoms with Gasteiger partial charge in [-0.1, -0.05) is 6.92 Å². The number of fused-ring (bicyclic) bond motifs is 1. The zero-order valence-electron chi connectivity index (χ0n) is 12.2. The minimum absolute atomic E-state index is 0.120. The monoisotopic (exact) mass is 284 g/mol. The molecule has 1 fully saturated rings. The second-order valence-corrected chi connectivity index (χ2v) is 5.60. The van der Waals surface area contributed by atoms with E-state index in [4.69, 9.17) is 0 Å². The molecule has 3 rings (SSSR count). The zero-order valence-corrected chi connectivity index (χ0v) is 12.2. The Morgan fingerprint density at radius 3 is 2.67 bits per heavy atom.